The maximum Gasteiger partial charge on any atom is 0.243 e. The number of amides is 1. The second-order valence-corrected chi connectivity index (χ2v) is 8.37. The molecule has 1 unspecified atom stereocenters. The zero-order chi connectivity index (χ0) is 18.6. The van der Waals surface area contributed by atoms with Crippen molar-refractivity contribution in [1.29, 1.82) is 0 Å². The number of ether oxygens (including phenoxy) is 1. The average molecular weight is 419 g/mol. The summed E-state index contributed by atoms with van der Waals surface area (Å²) in [5.74, 6) is -0.181. The van der Waals surface area contributed by atoms with Crippen LogP contribution in [0, 0.1) is 5.92 Å². The van der Waals surface area contributed by atoms with Gasteiger partial charge in [0.2, 0.25) is 15.9 Å². The number of sulfonamides is 1. The number of halogens is 1. The topological polar surface area (TPSA) is 99.8 Å². The average Bonchev–Trinajstić information content (AvgIpc) is 3.19. The maximum atomic E-state index is 12.9. The molecule has 2 heterocycles. The first-order chi connectivity index (χ1) is 12.5. The van der Waals surface area contributed by atoms with Gasteiger partial charge < -0.3 is 20.7 Å². The number of carbonyl (C=O) groups excluding carboxylic acids is 1. The Morgan fingerprint density at radius 3 is 2.67 bits per heavy atom. The molecule has 2 fully saturated rings. The van der Waals surface area contributed by atoms with Crippen molar-refractivity contribution in [3.05, 3.63) is 18.2 Å². The first-order valence-corrected chi connectivity index (χ1v) is 10.4. The molecule has 0 aromatic heterocycles. The fraction of sp³-hybridized carbons (Fsp3) is 0.588. The Morgan fingerprint density at radius 2 is 2.04 bits per heavy atom. The van der Waals surface area contributed by atoms with Gasteiger partial charge in [0.15, 0.2) is 0 Å². The maximum absolute atomic E-state index is 12.9. The molecular formula is C17H27ClN4O4S. The number of morpholine rings is 1. The van der Waals surface area contributed by atoms with Crippen molar-refractivity contribution in [2.24, 2.45) is 5.92 Å². The quantitative estimate of drug-likeness (QED) is 0.640. The number of hydrogen-bond acceptors (Lipinski definition) is 6. The predicted molar refractivity (Wildman–Crippen MR) is 107 cm³/mol. The van der Waals surface area contributed by atoms with E-state index in [2.05, 4.69) is 16.0 Å². The zero-order valence-electron chi connectivity index (χ0n) is 15.4. The molecule has 0 saturated carbocycles. The molecule has 10 heteroatoms. The lowest BCUT2D eigenvalue weighted by molar-refractivity contribution is -0.119. The van der Waals surface area contributed by atoms with Crippen LogP contribution in [0.1, 0.15) is 13.3 Å². The molecule has 3 N–H and O–H groups in total. The number of nitrogens with zero attached hydrogens (tertiary/aromatic N) is 1. The highest BCUT2D eigenvalue weighted by atomic mass is 35.5. The highest BCUT2D eigenvalue weighted by Gasteiger charge is 2.28. The van der Waals surface area contributed by atoms with E-state index >= 15 is 0 Å². The summed E-state index contributed by atoms with van der Waals surface area (Å²) in [4.78, 5) is 12.7. The minimum Gasteiger partial charge on any atom is -0.384 e. The van der Waals surface area contributed by atoms with Crippen molar-refractivity contribution < 1.29 is 17.9 Å². The molecule has 0 radical (unpaired) electrons. The van der Waals surface area contributed by atoms with Crippen molar-refractivity contribution in [2.75, 3.05) is 56.6 Å². The fourth-order valence-corrected chi connectivity index (χ4v) is 4.62. The number of carbonyl (C=O) groups is 1. The number of nitrogens with one attached hydrogen (secondary N) is 3. The monoisotopic (exact) mass is 418 g/mol. The third-order valence-corrected chi connectivity index (χ3v) is 6.55. The van der Waals surface area contributed by atoms with Crippen molar-refractivity contribution in [3.8, 4) is 0 Å². The van der Waals surface area contributed by atoms with Crippen molar-refractivity contribution in [2.45, 2.75) is 18.2 Å². The first kappa shape index (κ1) is 21.9. The zero-order valence-corrected chi connectivity index (χ0v) is 17.0. The van der Waals surface area contributed by atoms with Gasteiger partial charge in [-0.3, -0.25) is 4.79 Å². The molecule has 1 aromatic carbocycles. The van der Waals surface area contributed by atoms with E-state index in [4.69, 9.17) is 4.74 Å². The molecular weight excluding hydrogens is 392 g/mol. The summed E-state index contributed by atoms with van der Waals surface area (Å²) in [6.45, 7) is 5.56. The van der Waals surface area contributed by atoms with Crippen LogP contribution in [0.3, 0.4) is 0 Å². The lowest BCUT2D eigenvalue weighted by atomic mass is 10.1. The van der Waals surface area contributed by atoms with Gasteiger partial charge in [0.05, 0.1) is 35.4 Å². The summed E-state index contributed by atoms with van der Waals surface area (Å²) < 4.78 is 32.4. The molecule has 8 nitrogen and oxygen atoms in total. The molecule has 3 rings (SSSR count). The molecule has 27 heavy (non-hydrogen) atoms. The largest absolute Gasteiger partial charge is 0.384 e. The fourth-order valence-electron chi connectivity index (χ4n) is 3.18. The lowest BCUT2D eigenvalue weighted by Crippen LogP contribution is -2.40. The van der Waals surface area contributed by atoms with Gasteiger partial charge in [0.25, 0.3) is 0 Å². The van der Waals surface area contributed by atoms with Crippen LogP contribution in [0.2, 0.25) is 0 Å². The molecule has 0 spiro atoms. The number of benzene rings is 1. The van der Waals surface area contributed by atoms with E-state index in [-0.39, 0.29) is 29.1 Å². The molecule has 2 aliphatic heterocycles. The van der Waals surface area contributed by atoms with E-state index in [1.165, 1.54) is 4.31 Å². The summed E-state index contributed by atoms with van der Waals surface area (Å²) in [5, 5.41) is 9.24. The number of anilines is 2. The van der Waals surface area contributed by atoms with E-state index < -0.39 is 10.0 Å². The summed E-state index contributed by atoms with van der Waals surface area (Å²) in [7, 11) is -3.61. The van der Waals surface area contributed by atoms with E-state index in [0.29, 0.717) is 50.8 Å². The normalized spacial score (nSPS) is 20.7. The van der Waals surface area contributed by atoms with Crippen molar-refractivity contribution in [1.82, 2.24) is 9.62 Å². The Hall–Kier alpha value is -1.39. The minimum atomic E-state index is -3.61. The Morgan fingerprint density at radius 1 is 1.30 bits per heavy atom. The third-order valence-electron chi connectivity index (χ3n) is 4.66. The van der Waals surface area contributed by atoms with E-state index in [9.17, 15) is 13.2 Å². The molecule has 0 aliphatic carbocycles. The van der Waals surface area contributed by atoms with E-state index in [1.54, 1.807) is 18.2 Å². The molecule has 2 aliphatic rings. The van der Waals surface area contributed by atoms with Gasteiger partial charge in [0.1, 0.15) is 0 Å². The van der Waals surface area contributed by atoms with Gasteiger partial charge in [-0.1, -0.05) is 0 Å². The van der Waals surface area contributed by atoms with Crippen LogP contribution in [0.25, 0.3) is 0 Å². The van der Waals surface area contributed by atoms with Gasteiger partial charge in [-0.05, 0) is 38.1 Å². The van der Waals surface area contributed by atoms with Crippen LogP contribution < -0.4 is 16.0 Å². The van der Waals surface area contributed by atoms with Crippen LogP contribution in [-0.2, 0) is 19.6 Å². The molecule has 1 aromatic rings. The van der Waals surface area contributed by atoms with Gasteiger partial charge >= 0.3 is 0 Å². The number of hydrogen-bond donors (Lipinski definition) is 3. The Kier molecular flexibility index (Phi) is 7.87. The van der Waals surface area contributed by atoms with Gasteiger partial charge in [-0.15, -0.1) is 12.4 Å². The molecule has 1 atom stereocenters. The number of rotatable bonds is 6. The second-order valence-electron chi connectivity index (χ2n) is 6.43. The Bertz CT molecular complexity index is 747. The minimum absolute atomic E-state index is 0. The van der Waals surface area contributed by atoms with Crippen LogP contribution in [0.4, 0.5) is 11.4 Å². The summed E-state index contributed by atoms with van der Waals surface area (Å²) in [6, 6.07) is 4.83. The summed E-state index contributed by atoms with van der Waals surface area (Å²) in [5.41, 5.74) is 1.21. The highest BCUT2D eigenvalue weighted by Crippen LogP contribution is 2.28. The van der Waals surface area contributed by atoms with Gasteiger partial charge in [0, 0.05) is 26.2 Å². The van der Waals surface area contributed by atoms with Crippen molar-refractivity contribution >= 4 is 39.7 Å². The van der Waals surface area contributed by atoms with E-state index in [0.717, 1.165) is 13.0 Å². The Balaban J connectivity index is 0.00000261. The molecule has 152 valence electrons. The SMILES string of the molecule is CCNc1ccc(S(=O)(=O)N2CCOCC2)cc1NC(=O)C1CCNC1.Cl. The highest BCUT2D eigenvalue weighted by molar-refractivity contribution is 7.89. The standard InChI is InChI=1S/C17H26N4O4S.ClH/c1-2-19-15-4-3-14(26(23,24)21-7-9-25-10-8-21)11-16(15)20-17(22)13-5-6-18-12-13;/h3-4,11,13,18-19H,2,5-10,12H2,1H3,(H,20,22);1H. The summed E-state index contributed by atoms with van der Waals surface area (Å²) in [6.07, 6.45) is 0.786. The van der Waals surface area contributed by atoms with Gasteiger partial charge in [-0.25, -0.2) is 8.42 Å². The molecule has 2 saturated heterocycles. The molecule has 0 bridgehead atoms. The van der Waals surface area contributed by atoms with Crippen LogP contribution >= 0.6 is 12.4 Å². The second kappa shape index (κ2) is 9.70. The smallest absolute Gasteiger partial charge is 0.243 e. The lowest BCUT2D eigenvalue weighted by Gasteiger charge is -2.26. The third kappa shape index (κ3) is 5.11. The summed E-state index contributed by atoms with van der Waals surface area (Å²) >= 11 is 0. The van der Waals surface area contributed by atoms with Crippen LogP contribution in [0.15, 0.2) is 23.1 Å². The van der Waals surface area contributed by atoms with Crippen molar-refractivity contribution in [3.63, 3.8) is 0 Å². The predicted octanol–water partition coefficient (Wildman–Crippen LogP) is 1.11. The first-order valence-electron chi connectivity index (χ1n) is 8.99. The van der Waals surface area contributed by atoms with Crippen LogP contribution in [-0.4, -0.2) is 64.6 Å². The van der Waals surface area contributed by atoms with Crippen LogP contribution in [0.5, 0.6) is 0 Å². The van der Waals surface area contributed by atoms with Gasteiger partial charge in [-0.2, -0.15) is 4.31 Å². The Labute approximate surface area is 166 Å². The van der Waals surface area contributed by atoms with E-state index in [1.807, 2.05) is 6.92 Å². The molecule has 1 amide bonds.